The van der Waals surface area contributed by atoms with E-state index in [-0.39, 0.29) is 12.2 Å². The van der Waals surface area contributed by atoms with Gasteiger partial charge in [0.1, 0.15) is 0 Å². The fourth-order valence-corrected chi connectivity index (χ4v) is 2.85. The zero-order valence-corrected chi connectivity index (χ0v) is 12.6. The molecule has 1 aliphatic rings. The van der Waals surface area contributed by atoms with E-state index < -0.39 is 29.7 Å². The smallest absolute Gasteiger partial charge is 0.333 e. The molecule has 8 heteroatoms. The van der Waals surface area contributed by atoms with E-state index in [9.17, 15) is 19.2 Å². The Morgan fingerprint density at radius 1 is 1.38 bits per heavy atom. The van der Waals surface area contributed by atoms with E-state index in [0.717, 1.165) is 0 Å². The highest BCUT2D eigenvalue weighted by Crippen LogP contribution is 2.27. The molecule has 1 N–H and O–H groups in total. The fraction of sp³-hybridized carbons (Fsp3) is 0.538. The lowest BCUT2D eigenvalue weighted by Crippen LogP contribution is -2.27. The number of ether oxygens (including phenoxy) is 1. The summed E-state index contributed by atoms with van der Waals surface area (Å²) in [6, 6.07) is 0. The van der Waals surface area contributed by atoms with Gasteiger partial charge in [0.15, 0.2) is 5.78 Å². The Labute approximate surface area is 126 Å². The number of thioether (sulfide) groups is 1. The molecule has 1 aliphatic carbocycles. The number of rotatable bonds is 6. The zero-order chi connectivity index (χ0) is 15.8. The topological polar surface area (TPSA) is 98.8 Å². The second-order valence-corrected chi connectivity index (χ2v) is 5.52. The number of hydroxylamine groups is 1. The van der Waals surface area contributed by atoms with Gasteiger partial charge in [0.25, 0.3) is 0 Å². The number of esters is 1. The van der Waals surface area contributed by atoms with Crippen molar-refractivity contribution < 1.29 is 28.8 Å². The molecule has 2 atom stereocenters. The Morgan fingerprint density at radius 3 is 2.71 bits per heavy atom. The summed E-state index contributed by atoms with van der Waals surface area (Å²) in [7, 11) is 1.28. The molecule has 0 aromatic heterocycles. The molecule has 0 spiro atoms. The minimum atomic E-state index is -0.557. The first-order valence-electron chi connectivity index (χ1n) is 6.29. The first-order chi connectivity index (χ1) is 9.95. The lowest BCUT2D eigenvalue weighted by atomic mass is 9.97. The highest BCUT2D eigenvalue weighted by atomic mass is 32.2. The fourth-order valence-electron chi connectivity index (χ4n) is 1.74. The maximum atomic E-state index is 11.7. The van der Waals surface area contributed by atoms with Crippen molar-refractivity contribution in [1.29, 1.82) is 0 Å². The molecular weight excluding hydrogens is 298 g/mol. The van der Waals surface area contributed by atoms with Crippen molar-refractivity contribution in [2.24, 2.45) is 11.8 Å². The van der Waals surface area contributed by atoms with Gasteiger partial charge in [0.05, 0.1) is 19.4 Å². The van der Waals surface area contributed by atoms with Gasteiger partial charge in [-0.05, 0) is 6.08 Å². The predicted molar refractivity (Wildman–Crippen MR) is 75.0 cm³/mol. The number of carbonyl (C=O) groups excluding carboxylic acids is 4. The third-order valence-electron chi connectivity index (χ3n) is 2.80. The van der Waals surface area contributed by atoms with E-state index in [4.69, 9.17) is 0 Å². The average Bonchev–Trinajstić information content (AvgIpc) is 2.81. The highest BCUT2D eigenvalue weighted by Gasteiger charge is 2.35. The van der Waals surface area contributed by atoms with Crippen LogP contribution in [0.3, 0.4) is 0 Å². The van der Waals surface area contributed by atoms with Crippen LogP contribution in [-0.2, 0) is 28.8 Å². The number of carbonyl (C=O) groups is 4. The summed E-state index contributed by atoms with van der Waals surface area (Å²) in [6.07, 6.45) is 3.03. The first-order valence-corrected chi connectivity index (χ1v) is 7.45. The van der Waals surface area contributed by atoms with E-state index in [2.05, 4.69) is 9.57 Å². The number of hydrogen-bond acceptors (Lipinski definition) is 7. The summed E-state index contributed by atoms with van der Waals surface area (Å²) in [4.78, 5) is 49.4. The van der Waals surface area contributed by atoms with Gasteiger partial charge in [0.2, 0.25) is 5.91 Å². The minimum Gasteiger partial charge on any atom is -0.469 e. The molecule has 0 fully saturated rings. The molecule has 0 radical (unpaired) electrons. The third kappa shape index (κ3) is 5.58. The Hall–Kier alpha value is -1.83. The lowest BCUT2D eigenvalue weighted by Gasteiger charge is -2.15. The monoisotopic (exact) mass is 315 g/mol. The molecule has 0 aromatic carbocycles. The number of methoxy groups -OCH3 is 1. The van der Waals surface area contributed by atoms with Crippen LogP contribution >= 0.6 is 11.8 Å². The van der Waals surface area contributed by atoms with Gasteiger partial charge in [-0.3, -0.25) is 14.4 Å². The van der Waals surface area contributed by atoms with Crippen LogP contribution in [0.15, 0.2) is 12.2 Å². The predicted octanol–water partition coefficient (Wildman–Crippen LogP) is 0.248. The molecular formula is C13H17NO6S. The maximum Gasteiger partial charge on any atom is 0.333 e. The summed E-state index contributed by atoms with van der Waals surface area (Å²) in [6.45, 7) is 1.23. The van der Waals surface area contributed by atoms with Crippen molar-refractivity contribution in [1.82, 2.24) is 5.48 Å². The van der Waals surface area contributed by atoms with Gasteiger partial charge < -0.3 is 9.57 Å². The molecule has 0 unspecified atom stereocenters. The van der Waals surface area contributed by atoms with Crippen molar-refractivity contribution in [2.75, 3.05) is 18.6 Å². The highest BCUT2D eigenvalue weighted by molar-refractivity contribution is 7.99. The summed E-state index contributed by atoms with van der Waals surface area (Å²) in [5, 5.41) is 0. The van der Waals surface area contributed by atoms with Crippen molar-refractivity contribution in [3.8, 4) is 0 Å². The third-order valence-corrected chi connectivity index (χ3v) is 3.88. The van der Waals surface area contributed by atoms with Gasteiger partial charge in [-0.15, -0.1) is 0 Å². The Balaban J connectivity index is 2.28. The summed E-state index contributed by atoms with van der Waals surface area (Å²) >= 11 is 1.37. The average molecular weight is 315 g/mol. The van der Waals surface area contributed by atoms with Gasteiger partial charge in [0, 0.05) is 24.3 Å². The van der Waals surface area contributed by atoms with Crippen LogP contribution < -0.4 is 5.48 Å². The van der Waals surface area contributed by atoms with Crippen molar-refractivity contribution >= 4 is 35.4 Å². The van der Waals surface area contributed by atoms with Gasteiger partial charge in [-0.25, -0.2) is 4.79 Å². The van der Waals surface area contributed by atoms with Gasteiger partial charge in [-0.2, -0.15) is 17.2 Å². The molecule has 0 saturated carbocycles. The molecule has 0 aromatic rings. The molecule has 21 heavy (non-hydrogen) atoms. The number of hydrogen-bond donors (Lipinski definition) is 1. The van der Waals surface area contributed by atoms with Crippen LogP contribution in [0.2, 0.25) is 0 Å². The first kappa shape index (κ1) is 17.2. The quantitative estimate of drug-likeness (QED) is 0.426. The molecule has 0 aliphatic heterocycles. The largest absolute Gasteiger partial charge is 0.469 e. The Kier molecular flexibility index (Phi) is 6.93. The van der Waals surface area contributed by atoms with E-state index in [1.807, 2.05) is 5.48 Å². The van der Waals surface area contributed by atoms with E-state index in [1.165, 1.54) is 31.9 Å². The summed E-state index contributed by atoms with van der Waals surface area (Å²) in [5.74, 6) is -1.73. The maximum absolute atomic E-state index is 11.7. The van der Waals surface area contributed by atoms with Crippen molar-refractivity contribution in [3.05, 3.63) is 12.2 Å². The molecule has 7 nitrogen and oxygen atoms in total. The van der Waals surface area contributed by atoms with Crippen molar-refractivity contribution in [2.45, 2.75) is 13.3 Å². The Morgan fingerprint density at radius 2 is 2.10 bits per heavy atom. The van der Waals surface area contributed by atoms with Crippen LogP contribution in [0, 0.1) is 11.8 Å². The second-order valence-electron chi connectivity index (χ2n) is 4.37. The van der Waals surface area contributed by atoms with Crippen LogP contribution in [0.1, 0.15) is 13.3 Å². The van der Waals surface area contributed by atoms with Crippen LogP contribution in [0.5, 0.6) is 0 Å². The van der Waals surface area contributed by atoms with E-state index >= 15 is 0 Å². The normalized spacial score (nSPS) is 20.2. The molecule has 0 heterocycles. The van der Waals surface area contributed by atoms with E-state index in [1.54, 1.807) is 6.08 Å². The second kappa shape index (κ2) is 8.46. The zero-order valence-electron chi connectivity index (χ0n) is 11.8. The molecule has 0 saturated heterocycles. The minimum absolute atomic E-state index is 0.0994. The summed E-state index contributed by atoms with van der Waals surface area (Å²) in [5.41, 5.74) is 1.94. The number of ketones is 1. The van der Waals surface area contributed by atoms with Gasteiger partial charge >= 0.3 is 11.9 Å². The van der Waals surface area contributed by atoms with Crippen LogP contribution in [0.25, 0.3) is 0 Å². The Bertz CT molecular complexity index is 462. The van der Waals surface area contributed by atoms with Crippen molar-refractivity contribution in [3.63, 3.8) is 0 Å². The summed E-state index contributed by atoms with van der Waals surface area (Å²) < 4.78 is 4.65. The number of nitrogens with one attached hydrogen (secondary N) is 1. The van der Waals surface area contributed by atoms with Gasteiger partial charge in [-0.1, -0.05) is 6.08 Å². The molecule has 116 valence electrons. The molecule has 1 amide bonds. The van der Waals surface area contributed by atoms with Crippen LogP contribution in [0.4, 0.5) is 0 Å². The lowest BCUT2D eigenvalue weighted by molar-refractivity contribution is -0.157. The van der Waals surface area contributed by atoms with E-state index in [0.29, 0.717) is 11.5 Å². The number of allylic oxidation sites excluding steroid dienone is 1. The number of amides is 1. The van der Waals surface area contributed by atoms with Crippen LogP contribution in [-0.4, -0.2) is 42.2 Å². The molecule has 0 bridgehead atoms. The standard InChI is InChI=1S/C13H17NO6S/c1-8(15)14-20-12(17)5-6-21-7-10-9(13(18)19-2)3-4-11(10)16/h3-4,9-10H,5-7H2,1-2H3,(H,14,15)/t9-,10-/m1/s1. The molecule has 1 rings (SSSR count). The SMILES string of the molecule is COC(=O)[C@@H]1C=CC(=O)[C@@H]1CSCCC(=O)ONC(C)=O.